The molecule has 190 valence electrons. The Morgan fingerprint density at radius 2 is 1.53 bits per heavy atom. The zero-order chi connectivity index (χ0) is 26.8. The number of hydrogen-bond acceptors (Lipinski definition) is 6. The fourth-order valence-corrected chi connectivity index (χ4v) is 4.38. The zero-order valence-corrected chi connectivity index (χ0v) is 20.2. The molecule has 0 spiro atoms. The Morgan fingerprint density at radius 1 is 0.868 bits per heavy atom. The quantitative estimate of drug-likeness (QED) is 0.188. The van der Waals surface area contributed by atoms with Crippen LogP contribution in [-0.4, -0.2) is 29.0 Å². The van der Waals surface area contributed by atoms with E-state index in [0.29, 0.717) is 22.7 Å². The topological polar surface area (TPSA) is 96.3 Å². The first-order valence-corrected chi connectivity index (χ1v) is 11.6. The average molecular weight is 512 g/mol. The molecule has 8 heteroatoms. The van der Waals surface area contributed by atoms with Gasteiger partial charge in [-0.2, -0.15) is 0 Å². The molecule has 1 heterocycles. The Hall–Kier alpha value is -5.11. The molecular weight excluding hydrogens is 489 g/mol. The van der Waals surface area contributed by atoms with Crippen LogP contribution in [0.15, 0.2) is 103 Å². The van der Waals surface area contributed by atoms with Gasteiger partial charge in [0, 0.05) is 5.69 Å². The minimum absolute atomic E-state index is 0.0140. The van der Waals surface area contributed by atoms with Crippen molar-refractivity contribution < 1.29 is 33.7 Å². The number of methoxy groups -OCH3 is 1. The summed E-state index contributed by atoms with van der Waals surface area (Å²) >= 11 is 0. The summed E-state index contributed by atoms with van der Waals surface area (Å²) in [5.41, 5.74) is 0.509. The van der Waals surface area contributed by atoms with Crippen molar-refractivity contribution in [3.8, 4) is 23.0 Å². The number of phenolic OH excluding ortho intramolecular Hbond substituents is 1. The molecule has 1 aliphatic heterocycles. The number of halogens is 1. The van der Waals surface area contributed by atoms with E-state index in [1.165, 1.54) is 30.2 Å². The first-order chi connectivity index (χ1) is 18.4. The summed E-state index contributed by atoms with van der Waals surface area (Å²) in [5.74, 6) is -1.80. The number of benzene rings is 4. The van der Waals surface area contributed by atoms with Crippen LogP contribution in [0.5, 0.6) is 23.0 Å². The van der Waals surface area contributed by atoms with E-state index in [9.17, 15) is 24.2 Å². The summed E-state index contributed by atoms with van der Waals surface area (Å²) in [7, 11) is 1.35. The van der Waals surface area contributed by atoms with Crippen LogP contribution in [0.3, 0.4) is 0 Å². The number of carbonyl (C=O) groups excluding carboxylic acids is 2. The molecule has 0 radical (unpaired) electrons. The van der Waals surface area contributed by atoms with Gasteiger partial charge in [0.25, 0.3) is 11.7 Å². The Balaban J connectivity index is 1.62. The molecule has 38 heavy (non-hydrogen) atoms. The fourth-order valence-electron chi connectivity index (χ4n) is 4.38. The van der Waals surface area contributed by atoms with E-state index < -0.39 is 29.3 Å². The van der Waals surface area contributed by atoms with Gasteiger partial charge in [-0.3, -0.25) is 14.5 Å². The van der Waals surface area contributed by atoms with Crippen molar-refractivity contribution in [2.75, 3.05) is 12.0 Å². The highest BCUT2D eigenvalue weighted by atomic mass is 19.1. The minimum atomic E-state index is -1.07. The third-order valence-corrected chi connectivity index (χ3v) is 6.16. The molecule has 1 saturated heterocycles. The van der Waals surface area contributed by atoms with Crippen molar-refractivity contribution in [3.05, 3.63) is 120 Å². The number of Topliss-reactive ketones (excluding diaryl/α,β-unsaturated/α-hetero) is 1. The first-order valence-electron chi connectivity index (χ1n) is 11.6. The van der Waals surface area contributed by atoms with E-state index in [2.05, 4.69) is 0 Å². The summed E-state index contributed by atoms with van der Waals surface area (Å²) in [5, 5.41) is 21.1. The number of aliphatic hydroxyl groups excluding tert-OH is 1. The highest BCUT2D eigenvalue weighted by Gasteiger charge is 2.47. The number of carbonyl (C=O) groups is 2. The maximum Gasteiger partial charge on any atom is 0.300 e. The van der Waals surface area contributed by atoms with Crippen molar-refractivity contribution in [3.63, 3.8) is 0 Å². The third kappa shape index (κ3) is 4.55. The zero-order valence-electron chi connectivity index (χ0n) is 20.2. The van der Waals surface area contributed by atoms with E-state index in [4.69, 9.17) is 9.47 Å². The summed E-state index contributed by atoms with van der Waals surface area (Å²) in [4.78, 5) is 27.9. The first kappa shape index (κ1) is 24.6. The van der Waals surface area contributed by atoms with Crippen LogP contribution in [0.2, 0.25) is 0 Å². The average Bonchev–Trinajstić information content (AvgIpc) is 3.20. The second-order valence-corrected chi connectivity index (χ2v) is 8.51. The van der Waals surface area contributed by atoms with Crippen molar-refractivity contribution in [2.45, 2.75) is 6.04 Å². The van der Waals surface area contributed by atoms with Gasteiger partial charge in [-0.1, -0.05) is 30.3 Å². The summed E-state index contributed by atoms with van der Waals surface area (Å²) in [6.45, 7) is 0. The number of ketones is 1. The number of nitrogens with zero attached hydrogens (tertiary/aromatic N) is 1. The standard InChI is InChI=1S/C30H22FNO6/c1-37-25-16-9-19(31)17-24(25)28(34)26-27(18-7-12-21(33)13-8-18)32(30(36)29(26)35)20-10-14-23(15-11-20)38-22-5-3-2-4-6-22/h2-17,27,33-34H,1H3/b28-26+. The van der Waals surface area contributed by atoms with Gasteiger partial charge in [0.2, 0.25) is 0 Å². The number of phenols is 1. The normalized spacial score (nSPS) is 16.5. The molecule has 4 aromatic carbocycles. The van der Waals surface area contributed by atoms with Crippen LogP contribution >= 0.6 is 0 Å². The third-order valence-electron chi connectivity index (χ3n) is 6.16. The molecule has 1 atom stereocenters. The lowest BCUT2D eigenvalue weighted by atomic mass is 9.94. The van der Waals surface area contributed by atoms with E-state index >= 15 is 0 Å². The van der Waals surface area contributed by atoms with Crippen LogP contribution in [0.25, 0.3) is 5.76 Å². The van der Waals surface area contributed by atoms with E-state index in [-0.39, 0.29) is 22.6 Å². The predicted octanol–water partition coefficient (Wildman–Crippen LogP) is 5.96. The molecule has 5 rings (SSSR count). The maximum absolute atomic E-state index is 14.1. The van der Waals surface area contributed by atoms with Crippen LogP contribution in [-0.2, 0) is 9.59 Å². The van der Waals surface area contributed by atoms with Gasteiger partial charge >= 0.3 is 0 Å². The van der Waals surface area contributed by atoms with Crippen molar-refractivity contribution >= 4 is 23.1 Å². The van der Waals surface area contributed by atoms with Gasteiger partial charge in [-0.15, -0.1) is 0 Å². The maximum atomic E-state index is 14.1. The smallest absolute Gasteiger partial charge is 0.300 e. The molecule has 7 nitrogen and oxygen atoms in total. The molecule has 1 unspecified atom stereocenters. The molecular formula is C30H22FNO6. The molecule has 1 fully saturated rings. The Bertz CT molecular complexity index is 1530. The van der Waals surface area contributed by atoms with Crippen LogP contribution in [0, 0.1) is 5.82 Å². The molecule has 0 saturated carbocycles. The Morgan fingerprint density at radius 3 is 2.18 bits per heavy atom. The summed E-state index contributed by atoms with van der Waals surface area (Å²) < 4.78 is 25.2. The highest BCUT2D eigenvalue weighted by Crippen LogP contribution is 2.44. The van der Waals surface area contributed by atoms with Crippen molar-refractivity contribution in [1.29, 1.82) is 0 Å². The molecule has 0 aromatic heterocycles. The van der Waals surface area contributed by atoms with Crippen LogP contribution in [0.4, 0.5) is 10.1 Å². The Kier molecular flexibility index (Phi) is 6.53. The van der Waals surface area contributed by atoms with Gasteiger partial charge < -0.3 is 19.7 Å². The SMILES string of the molecule is COc1ccc(F)cc1/C(O)=C1\C(=O)C(=O)N(c2ccc(Oc3ccccc3)cc2)C1c1ccc(O)cc1. The van der Waals surface area contributed by atoms with Gasteiger partial charge in [0.1, 0.15) is 34.6 Å². The van der Waals surface area contributed by atoms with Gasteiger partial charge in [0.05, 0.1) is 24.3 Å². The lowest BCUT2D eigenvalue weighted by Crippen LogP contribution is -2.29. The molecule has 0 aliphatic carbocycles. The number of para-hydroxylation sites is 1. The minimum Gasteiger partial charge on any atom is -0.508 e. The lowest BCUT2D eigenvalue weighted by Gasteiger charge is -2.25. The summed E-state index contributed by atoms with van der Waals surface area (Å²) in [6, 6.07) is 24.1. The largest absolute Gasteiger partial charge is 0.508 e. The molecule has 0 bridgehead atoms. The number of aliphatic hydroxyl groups is 1. The number of rotatable bonds is 6. The molecule has 4 aromatic rings. The van der Waals surface area contributed by atoms with Crippen molar-refractivity contribution in [1.82, 2.24) is 0 Å². The second kappa shape index (κ2) is 10.1. The van der Waals surface area contributed by atoms with Gasteiger partial charge in [0.15, 0.2) is 0 Å². The summed E-state index contributed by atoms with van der Waals surface area (Å²) in [6.07, 6.45) is 0. The second-order valence-electron chi connectivity index (χ2n) is 8.51. The van der Waals surface area contributed by atoms with E-state index in [1.54, 1.807) is 48.5 Å². The van der Waals surface area contributed by atoms with Crippen LogP contribution < -0.4 is 14.4 Å². The number of anilines is 1. The monoisotopic (exact) mass is 511 g/mol. The highest BCUT2D eigenvalue weighted by molar-refractivity contribution is 6.51. The van der Waals surface area contributed by atoms with E-state index in [0.717, 1.165) is 12.1 Å². The van der Waals surface area contributed by atoms with Crippen LogP contribution in [0.1, 0.15) is 17.2 Å². The molecule has 2 N–H and O–H groups in total. The fraction of sp³-hybridized carbons (Fsp3) is 0.0667. The number of amides is 1. The van der Waals surface area contributed by atoms with E-state index in [1.807, 2.05) is 18.2 Å². The van der Waals surface area contributed by atoms with Gasteiger partial charge in [-0.25, -0.2) is 4.39 Å². The van der Waals surface area contributed by atoms with Crippen molar-refractivity contribution in [2.24, 2.45) is 0 Å². The number of aromatic hydroxyl groups is 1. The molecule has 1 aliphatic rings. The lowest BCUT2D eigenvalue weighted by molar-refractivity contribution is -0.132. The molecule has 1 amide bonds. The number of ether oxygens (including phenoxy) is 2. The van der Waals surface area contributed by atoms with Gasteiger partial charge in [-0.05, 0) is 72.3 Å². The predicted molar refractivity (Wildman–Crippen MR) is 139 cm³/mol. The number of hydrogen-bond donors (Lipinski definition) is 2. The Labute approximate surface area is 217 Å².